The highest BCUT2D eigenvalue weighted by atomic mass is 35.5. The standard InChI is InChI=1S/C14H20ClNO/c15-8-11-17-14-6-4-13(5-7-14)12-16-9-2-1-3-10-16/h4-7H,1-3,8-12H2. The Morgan fingerprint density at radius 1 is 1.06 bits per heavy atom. The molecule has 3 heteroatoms. The molecule has 0 N–H and O–H groups in total. The van der Waals surface area contributed by atoms with Crippen LogP contribution in [0.25, 0.3) is 0 Å². The van der Waals surface area contributed by atoms with Gasteiger partial charge in [-0.25, -0.2) is 0 Å². The normalized spacial score (nSPS) is 17.0. The Balaban J connectivity index is 1.84. The van der Waals surface area contributed by atoms with Crippen LogP contribution in [-0.2, 0) is 6.54 Å². The summed E-state index contributed by atoms with van der Waals surface area (Å²) in [6.07, 6.45) is 4.08. The molecular weight excluding hydrogens is 234 g/mol. The lowest BCUT2D eigenvalue weighted by Gasteiger charge is -2.26. The lowest BCUT2D eigenvalue weighted by atomic mass is 10.1. The molecule has 1 aliphatic rings. The SMILES string of the molecule is ClCCOc1ccc(CN2CCCCC2)cc1. The molecule has 0 atom stereocenters. The molecule has 1 aromatic carbocycles. The van der Waals surface area contributed by atoms with Crippen LogP contribution in [-0.4, -0.2) is 30.5 Å². The van der Waals surface area contributed by atoms with Gasteiger partial charge in [0.15, 0.2) is 0 Å². The number of hydrogen-bond acceptors (Lipinski definition) is 2. The van der Waals surface area contributed by atoms with E-state index >= 15 is 0 Å². The molecule has 0 aromatic heterocycles. The second-order valence-electron chi connectivity index (χ2n) is 4.52. The van der Waals surface area contributed by atoms with Crippen molar-refractivity contribution in [2.75, 3.05) is 25.6 Å². The monoisotopic (exact) mass is 253 g/mol. The number of rotatable bonds is 5. The summed E-state index contributed by atoms with van der Waals surface area (Å²) in [5.74, 6) is 1.45. The van der Waals surface area contributed by atoms with Crippen molar-refractivity contribution in [3.8, 4) is 5.75 Å². The summed E-state index contributed by atoms with van der Waals surface area (Å²) in [5, 5.41) is 0. The summed E-state index contributed by atoms with van der Waals surface area (Å²) in [4.78, 5) is 2.53. The highest BCUT2D eigenvalue weighted by Crippen LogP contribution is 2.16. The molecule has 1 heterocycles. The zero-order valence-corrected chi connectivity index (χ0v) is 11.0. The minimum absolute atomic E-state index is 0.537. The number of benzene rings is 1. The predicted octanol–water partition coefficient (Wildman–Crippen LogP) is 3.29. The molecular formula is C14H20ClNO. The topological polar surface area (TPSA) is 12.5 Å². The summed E-state index contributed by atoms with van der Waals surface area (Å²) < 4.78 is 5.45. The first-order chi connectivity index (χ1) is 8.38. The van der Waals surface area contributed by atoms with Crippen LogP contribution in [0.3, 0.4) is 0 Å². The van der Waals surface area contributed by atoms with Gasteiger partial charge >= 0.3 is 0 Å². The second kappa shape index (κ2) is 6.87. The summed E-state index contributed by atoms with van der Waals surface area (Å²) in [6.45, 7) is 4.12. The van der Waals surface area contributed by atoms with E-state index in [2.05, 4.69) is 17.0 Å². The van der Waals surface area contributed by atoms with Gasteiger partial charge in [0.2, 0.25) is 0 Å². The van der Waals surface area contributed by atoms with Crippen LogP contribution in [0.1, 0.15) is 24.8 Å². The van der Waals surface area contributed by atoms with Gasteiger partial charge in [0, 0.05) is 6.54 Å². The fourth-order valence-electron chi connectivity index (χ4n) is 2.22. The number of alkyl halides is 1. The number of likely N-dealkylation sites (tertiary alicyclic amines) is 1. The summed E-state index contributed by atoms with van der Waals surface area (Å²) in [6, 6.07) is 8.37. The van der Waals surface area contributed by atoms with Crippen molar-refractivity contribution in [1.82, 2.24) is 4.90 Å². The van der Waals surface area contributed by atoms with Gasteiger partial charge in [0.1, 0.15) is 12.4 Å². The molecule has 1 fully saturated rings. The lowest BCUT2D eigenvalue weighted by molar-refractivity contribution is 0.221. The Hall–Kier alpha value is -0.730. The van der Waals surface area contributed by atoms with Gasteiger partial charge in [-0.2, -0.15) is 0 Å². The highest BCUT2D eigenvalue weighted by Gasteiger charge is 2.10. The maximum absolute atomic E-state index is 5.58. The average Bonchev–Trinajstić information content (AvgIpc) is 2.39. The fourth-order valence-corrected chi connectivity index (χ4v) is 2.30. The number of nitrogens with zero attached hydrogens (tertiary/aromatic N) is 1. The van der Waals surface area contributed by atoms with Crippen molar-refractivity contribution in [3.63, 3.8) is 0 Å². The highest BCUT2D eigenvalue weighted by molar-refractivity contribution is 6.17. The molecule has 0 spiro atoms. The maximum atomic E-state index is 5.58. The van der Waals surface area contributed by atoms with Crippen LogP contribution in [0.15, 0.2) is 24.3 Å². The Bertz CT molecular complexity index is 319. The molecule has 0 aliphatic carbocycles. The first-order valence-electron chi connectivity index (χ1n) is 6.38. The number of ether oxygens (including phenoxy) is 1. The molecule has 94 valence electrons. The molecule has 1 aliphatic heterocycles. The van der Waals surface area contributed by atoms with Crippen molar-refractivity contribution >= 4 is 11.6 Å². The van der Waals surface area contributed by atoms with E-state index in [-0.39, 0.29) is 0 Å². The van der Waals surface area contributed by atoms with E-state index < -0.39 is 0 Å². The van der Waals surface area contributed by atoms with E-state index in [0.29, 0.717) is 12.5 Å². The van der Waals surface area contributed by atoms with Crippen LogP contribution in [0.5, 0.6) is 5.75 Å². The summed E-state index contributed by atoms with van der Waals surface area (Å²) in [5.41, 5.74) is 1.37. The molecule has 2 nitrogen and oxygen atoms in total. The Morgan fingerprint density at radius 3 is 2.41 bits per heavy atom. The van der Waals surface area contributed by atoms with Crippen molar-refractivity contribution < 1.29 is 4.74 Å². The van der Waals surface area contributed by atoms with Crippen LogP contribution in [0.4, 0.5) is 0 Å². The predicted molar refractivity (Wildman–Crippen MR) is 71.8 cm³/mol. The minimum atomic E-state index is 0.537. The molecule has 0 saturated carbocycles. The molecule has 1 saturated heterocycles. The van der Waals surface area contributed by atoms with Gasteiger partial charge < -0.3 is 4.74 Å². The van der Waals surface area contributed by atoms with Crippen LogP contribution in [0.2, 0.25) is 0 Å². The van der Waals surface area contributed by atoms with Crippen molar-refractivity contribution in [3.05, 3.63) is 29.8 Å². The zero-order valence-electron chi connectivity index (χ0n) is 10.2. The van der Waals surface area contributed by atoms with Crippen molar-refractivity contribution in [2.45, 2.75) is 25.8 Å². The van der Waals surface area contributed by atoms with Gasteiger partial charge in [-0.05, 0) is 43.6 Å². The first-order valence-corrected chi connectivity index (χ1v) is 6.92. The van der Waals surface area contributed by atoms with Gasteiger partial charge in [-0.3, -0.25) is 4.90 Å². The number of piperidine rings is 1. The minimum Gasteiger partial charge on any atom is -0.492 e. The van der Waals surface area contributed by atoms with Crippen molar-refractivity contribution in [1.29, 1.82) is 0 Å². The van der Waals surface area contributed by atoms with Crippen LogP contribution in [0, 0.1) is 0 Å². The van der Waals surface area contributed by atoms with Gasteiger partial charge in [-0.15, -0.1) is 11.6 Å². The van der Waals surface area contributed by atoms with E-state index in [9.17, 15) is 0 Å². The van der Waals surface area contributed by atoms with Crippen LogP contribution < -0.4 is 4.74 Å². The van der Waals surface area contributed by atoms with E-state index in [1.165, 1.54) is 37.9 Å². The molecule has 0 bridgehead atoms. The third kappa shape index (κ3) is 4.21. The molecule has 0 radical (unpaired) electrons. The van der Waals surface area contributed by atoms with E-state index in [1.807, 2.05) is 12.1 Å². The van der Waals surface area contributed by atoms with Crippen molar-refractivity contribution in [2.24, 2.45) is 0 Å². The van der Waals surface area contributed by atoms with Crippen LogP contribution >= 0.6 is 11.6 Å². The molecule has 2 rings (SSSR count). The quantitative estimate of drug-likeness (QED) is 0.747. The summed E-state index contributed by atoms with van der Waals surface area (Å²) in [7, 11) is 0. The Kier molecular flexibility index (Phi) is 5.14. The van der Waals surface area contributed by atoms with Gasteiger partial charge in [-0.1, -0.05) is 18.6 Å². The summed E-state index contributed by atoms with van der Waals surface area (Å²) >= 11 is 5.58. The molecule has 1 aromatic rings. The Morgan fingerprint density at radius 2 is 1.76 bits per heavy atom. The van der Waals surface area contributed by atoms with Gasteiger partial charge in [0.05, 0.1) is 5.88 Å². The number of hydrogen-bond donors (Lipinski definition) is 0. The molecule has 0 unspecified atom stereocenters. The fraction of sp³-hybridized carbons (Fsp3) is 0.571. The third-order valence-electron chi connectivity index (χ3n) is 3.12. The smallest absolute Gasteiger partial charge is 0.119 e. The third-order valence-corrected chi connectivity index (χ3v) is 3.28. The zero-order chi connectivity index (χ0) is 11.9. The lowest BCUT2D eigenvalue weighted by Crippen LogP contribution is -2.28. The average molecular weight is 254 g/mol. The van der Waals surface area contributed by atoms with E-state index in [0.717, 1.165) is 12.3 Å². The maximum Gasteiger partial charge on any atom is 0.119 e. The first kappa shape index (κ1) is 12.7. The molecule has 17 heavy (non-hydrogen) atoms. The number of halogens is 1. The van der Waals surface area contributed by atoms with E-state index in [4.69, 9.17) is 16.3 Å². The molecule has 0 amide bonds. The second-order valence-corrected chi connectivity index (χ2v) is 4.90. The Labute approximate surface area is 109 Å². The van der Waals surface area contributed by atoms with Gasteiger partial charge in [0.25, 0.3) is 0 Å². The van der Waals surface area contributed by atoms with E-state index in [1.54, 1.807) is 0 Å². The largest absolute Gasteiger partial charge is 0.492 e.